The van der Waals surface area contributed by atoms with Crippen LogP contribution >= 0.6 is 0 Å². The first-order valence-electron chi connectivity index (χ1n) is 7.19. The van der Waals surface area contributed by atoms with Gasteiger partial charge in [-0.25, -0.2) is 0 Å². The molecule has 2 rings (SSSR count). The van der Waals surface area contributed by atoms with Crippen LogP contribution in [0.5, 0.6) is 5.75 Å². The molecule has 0 aromatic heterocycles. The summed E-state index contributed by atoms with van der Waals surface area (Å²) < 4.78 is 5.86. The summed E-state index contributed by atoms with van der Waals surface area (Å²) in [4.78, 5) is 0. The van der Waals surface area contributed by atoms with Crippen LogP contribution in [-0.4, -0.2) is 6.54 Å². The molecule has 0 spiro atoms. The van der Waals surface area contributed by atoms with Gasteiger partial charge in [0, 0.05) is 0 Å². The van der Waals surface area contributed by atoms with Crippen LogP contribution in [0.2, 0.25) is 0 Å². The Kier molecular flexibility index (Phi) is 5.19. The Hall–Kier alpha value is -1.80. The highest BCUT2D eigenvalue weighted by atomic mass is 16.5. The Morgan fingerprint density at radius 3 is 2.35 bits per heavy atom. The van der Waals surface area contributed by atoms with Gasteiger partial charge in [0.15, 0.2) is 0 Å². The van der Waals surface area contributed by atoms with Gasteiger partial charge in [-0.2, -0.15) is 0 Å². The largest absolute Gasteiger partial charge is 0.489 e. The molecule has 0 aliphatic rings. The maximum absolute atomic E-state index is 5.86. The van der Waals surface area contributed by atoms with E-state index in [1.165, 1.54) is 16.7 Å². The zero-order chi connectivity index (χ0) is 14.4. The number of nitrogens with two attached hydrogens (primary N) is 1. The van der Waals surface area contributed by atoms with Crippen molar-refractivity contribution >= 4 is 0 Å². The van der Waals surface area contributed by atoms with Crippen molar-refractivity contribution in [2.24, 2.45) is 5.73 Å². The monoisotopic (exact) mass is 269 g/mol. The summed E-state index contributed by atoms with van der Waals surface area (Å²) in [5, 5.41) is 0. The van der Waals surface area contributed by atoms with E-state index in [2.05, 4.69) is 56.3 Å². The van der Waals surface area contributed by atoms with Crippen molar-refractivity contribution in [3.8, 4) is 5.75 Å². The molecule has 2 aromatic carbocycles. The van der Waals surface area contributed by atoms with Crippen molar-refractivity contribution in [3.63, 3.8) is 0 Å². The molecule has 2 heteroatoms. The second-order valence-corrected chi connectivity index (χ2v) is 5.37. The van der Waals surface area contributed by atoms with Crippen LogP contribution in [0.4, 0.5) is 0 Å². The number of benzene rings is 2. The van der Waals surface area contributed by atoms with Gasteiger partial charge in [-0.3, -0.25) is 0 Å². The van der Waals surface area contributed by atoms with Gasteiger partial charge < -0.3 is 10.5 Å². The third-order valence-corrected chi connectivity index (χ3v) is 3.39. The van der Waals surface area contributed by atoms with Crippen LogP contribution in [0.3, 0.4) is 0 Å². The van der Waals surface area contributed by atoms with E-state index < -0.39 is 0 Å². The Morgan fingerprint density at radius 2 is 1.70 bits per heavy atom. The van der Waals surface area contributed by atoms with Crippen molar-refractivity contribution in [3.05, 3.63) is 65.2 Å². The van der Waals surface area contributed by atoms with Crippen LogP contribution in [0, 0.1) is 0 Å². The van der Waals surface area contributed by atoms with Crippen molar-refractivity contribution in [1.82, 2.24) is 0 Å². The van der Waals surface area contributed by atoms with Crippen molar-refractivity contribution < 1.29 is 4.74 Å². The second kappa shape index (κ2) is 7.11. The molecule has 0 radical (unpaired) electrons. The fourth-order valence-corrected chi connectivity index (χ4v) is 2.10. The van der Waals surface area contributed by atoms with Gasteiger partial charge in [0.25, 0.3) is 0 Å². The minimum atomic E-state index is 0.522. The smallest absolute Gasteiger partial charge is 0.120 e. The van der Waals surface area contributed by atoms with Gasteiger partial charge in [-0.05, 0) is 47.7 Å². The van der Waals surface area contributed by atoms with E-state index in [0.29, 0.717) is 19.1 Å². The number of ether oxygens (including phenoxy) is 1. The Bertz CT molecular complexity index is 531. The van der Waals surface area contributed by atoms with Gasteiger partial charge in [0.05, 0.1) is 0 Å². The molecule has 0 bridgehead atoms. The summed E-state index contributed by atoms with van der Waals surface area (Å²) >= 11 is 0. The van der Waals surface area contributed by atoms with E-state index in [-0.39, 0.29) is 0 Å². The minimum Gasteiger partial charge on any atom is -0.489 e. The summed E-state index contributed by atoms with van der Waals surface area (Å²) in [6, 6.07) is 16.8. The number of hydrogen-bond donors (Lipinski definition) is 1. The van der Waals surface area contributed by atoms with Gasteiger partial charge in [0.2, 0.25) is 0 Å². The SMILES string of the molecule is CC(C)c1cccc(OCc2ccc(CCN)cc2)c1. The highest BCUT2D eigenvalue weighted by Crippen LogP contribution is 2.21. The Morgan fingerprint density at radius 1 is 1.00 bits per heavy atom. The first-order chi connectivity index (χ1) is 9.69. The van der Waals surface area contributed by atoms with E-state index in [1.54, 1.807) is 0 Å². The molecule has 0 saturated heterocycles. The molecule has 20 heavy (non-hydrogen) atoms. The van der Waals surface area contributed by atoms with E-state index >= 15 is 0 Å². The molecular weight excluding hydrogens is 246 g/mol. The van der Waals surface area contributed by atoms with Gasteiger partial charge in [-0.1, -0.05) is 50.2 Å². The highest BCUT2D eigenvalue weighted by molar-refractivity contribution is 5.31. The first-order valence-corrected chi connectivity index (χ1v) is 7.19. The summed E-state index contributed by atoms with van der Waals surface area (Å²) in [7, 11) is 0. The third-order valence-electron chi connectivity index (χ3n) is 3.39. The molecule has 2 nitrogen and oxygen atoms in total. The van der Waals surface area contributed by atoms with Crippen molar-refractivity contribution in [1.29, 1.82) is 0 Å². The molecule has 0 amide bonds. The molecule has 0 saturated carbocycles. The lowest BCUT2D eigenvalue weighted by Gasteiger charge is -2.10. The van der Waals surface area contributed by atoms with Crippen LogP contribution in [0.1, 0.15) is 36.5 Å². The zero-order valence-corrected chi connectivity index (χ0v) is 12.3. The van der Waals surface area contributed by atoms with E-state index in [1.807, 2.05) is 6.07 Å². The van der Waals surface area contributed by atoms with Crippen LogP contribution in [0.15, 0.2) is 48.5 Å². The quantitative estimate of drug-likeness (QED) is 0.863. The molecule has 106 valence electrons. The molecule has 0 aliphatic heterocycles. The second-order valence-electron chi connectivity index (χ2n) is 5.37. The average Bonchev–Trinajstić information content (AvgIpc) is 2.47. The highest BCUT2D eigenvalue weighted by Gasteiger charge is 2.01. The summed E-state index contributed by atoms with van der Waals surface area (Å²) in [5.41, 5.74) is 9.31. The maximum Gasteiger partial charge on any atom is 0.120 e. The first kappa shape index (κ1) is 14.6. The molecular formula is C18H23NO. The molecule has 0 unspecified atom stereocenters. The topological polar surface area (TPSA) is 35.2 Å². The average molecular weight is 269 g/mol. The van der Waals surface area contributed by atoms with Crippen LogP contribution in [-0.2, 0) is 13.0 Å². The summed E-state index contributed by atoms with van der Waals surface area (Å²) in [5.74, 6) is 1.45. The predicted molar refractivity (Wildman–Crippen MR) is 84.1 cm³/mol. The standard InChI is InChI=1S/C18H23NO/c1-14(2)17-4-3-5-18(12-17)20-13-16-8-6-15(7-9-16)10-11-19/h3-9,12,14H,10-11,13,19H2,1-2H3. The molecule has 2 N–H and O–H groups in total. The summed E-state index contributed by atoms with van der Waals surface area (Å²) in [6.07, 6.45) is 0.928. The van der Waals surface area contributed by atoms with Crippen LogP contribution in [0.25, 0.3) is 0 Å². The van der Waals surface area contributed by atoms with E-state index in [0.717, 1.165) is 12.2 Å². The van der Waals surface area contributed by atoms with Gasteiger partial charge in [-0.15, -0.1) is 0 Å². The lowest BCUT2D eigenvalue weighted by atomic mass is 10.0. The predicted octanol–water partition coefficient (Wildman–Crippen LogP) is 3.89. The molecule has 0 fully saturated rings. The Balaban J connectivity index is 1.96. The van der Waals surface area contributed by atoms with Crippen molar-refractivity contribution in [2.75, 3.05) is 6.54 Å². The van der Waals surface area contributed by atoms with Gasteiger partial charge >= 0.3 is 0 Å². The normalized spacial score (nSPS) is 10.8. The van der Waals surface area contributed by atoms with Crippen molar-refractivity contribution in [2.45, 2.75) is 32.8 Å². The maximum atomic E-state index is 5.86. The fourth-order valence-electron chi connectivity index (χ4n) is 2.10. The molecule has 0 atom stereocenters. The minimum absolute atomic E-state index is 0.522. The lowest BCUT2D eigenvalue weighted by Crippen LogP contribution is -2.03. The molecule has 0 aliphatic carbocycles. The van der Waals surface area contributed by atoms with Gasteiger partial charge in [0.1, 0.15) is 12.4 Å². The Labute approximate surface area is 121 Å². The molecule has 0 heterocycles. The number of hydrogen-bond acceptors (Lipinski definition) is 2. The fraction of sp³-hybridized carbons (Fsp3) is 0.333. The van der Waals surface area contributed by atoms with Crippen LogP contribution < -0.4 is 10.5 Å². The number of rotatable bonds is 6. The third kappa shape index (κ3) is 4.10. The zero-order valence-electron chi connectivity index (χ0n) is 12.3. The van der Waals surface area contributed by atoms with E-state index in [4.69, 9.17) is 10.5 Å². The van der Waals surface area contributed by atoms with E-state index in [9.17, 15) is 0 Å². The lowest BCUT2D eigenvalue weighted by molar-refractivity contribution is 0.306. The molecule has 2 aromatic rings. The summed E-state index contributed by atoms with van der Waals surface area (Å²) in [6.45, 7) is 5.67.